The Hall–Kier alpha value is -7.55. The van der Waals surface area contributed by atoms with Crippen LogP contribution in [0.4, 0.5) is 20.9 Å². The summed E-state index contributed by atoms with van der Waals surface area (Å²) in [6.45, 7) is 3.00. The number of hydrogen-bond donors (Lipinski definition) is 3. The summed E-state index contributed by atoms with van der Waals surface area (Å²) in [4.78, 5) is 102. The molecule has 0 spiro atoms. The standard InChI is InChI=1S/C49H47FN8O10S/c1-66-28-68-39-13-9-32(50)26-36(39)43(45(62)54-49-52-17-24-69-49)57-27-31-6-5-30(25-35(31)46(57)63)29-7-10-33(11-8-29)55-18-20-56(21-19-55)41(60)15-22-67-23-16-51-37-4-2-3-34-42(37)48(65)58(47(34)64)38-12-14-40(59)53-44(38)61/h2-11,13,17,24-26,38,43,51H,12,14-16,18-23,27-28H2,1H3,(H,52,54,62)(H,53,59,61). The van der Waals surface area contributed by atoms with Gasteiger partial charge >= 0.3 is 0 Å². The zero-order valence-electron chi connectivity index (χ0n) is 37.4. The monoisotopic (exact) mass is 958 g/mol. The zero-order valence-corrected chi connectivity index (χ0v) is 38.2. The molecule has 5 aromatic rings. The number of methoxy groups -OCH3 is 1. The number of nitrogens with zero attached hydrogens (tertiary/aromatic N) is 5. The summed E-state index contributed by atoms with van der Waals surface area (Å²) in [6, 6.07) is 19.9. The van der Waals surface area contributed by atoms with E-state index in [0.717, 1.165) is 21.7 Å². The predicted octanol–water partition coefficient (Wildman–Crippen LogP) is 4.84. The molecule has 5 heterocycles. The van der Waals surface area contributed by atoms with Gasteiger partial charge in [0.25, 0.3) is 23.6 Å². The number of amides is 7. The molecule has 0 radical (unpaired) electrons. The number of benzene rings is 4. The van der Waals surface area contributed by atoms with Gasteiger partial charge in [0.15, 0.2) is 11.9 Å². The summed E-state index contributed by atoms with van der Waals surface area (Å²) >= 11 is 1.21. The van der Waals surface area contributed by atoms with E-state index in [0.29, 0.717) is 54.7 Å². The number of piperazine rings is 1. The van der Waals surface area contributed by atoms with E-state index in [1.807, 2.05) is 41.3 Å². The third-order valence-corrected chi connectivity index (χ3v) is 13.1. The second-order valence-corrected chi connectivity index (χ2v) is 17.5. The van der Waals surface area contributed by atoms with Crippen molar-refractivity contribution in [2.45, 2.75) is 37.9 Å². The summed E-state index contributed by atoms with van der Waals surface area (Å²) in [5.74, 6) is -3.70. The molecule has 3 N–H and O–H groups in total. The van der Waals surface area contributed by atoms with Crippen LogP contribution in [0.25, 0.3) is 11.1 Å². The van der Waals surface area contributed by atoms with Gasteiger partial charge < -0.3 is 34.2 Å². The Morgan fingerprint density at radius 2 is 1.70 bits per heavy atom. The third kappa shape index (κ3) is 9.76. The average Bonchev–Trinajstić information content (AvgIpc) is 4.06. The van der Waals surface area contributed by atoms with Crippen molar-refractivity contribution >= 4 is 69.2 Å². The van der Waals surface area contributed by atoms with Crippen molar-refractivity contribution in [2.75, 3.05) is 75.4 Å². The van der Waals surface area contributed by atoms with Crippen LogP contribution in [0, 0.1) is 5.82 Å². The van der Waals surface area contributed by atoms with E-state index < -0.39 is 53.3 Å². The minimum absolute atomic E-state index is 0.0246. The fourth-order valence-electron chi connectivity index (χ4n) is 9.03. The number of fused-ring (bicyclic) bond motifs is 2. The summed E-state index contributed by atoms with van der Waals surface area (Å²) in [6.07, 6.45) is 1.84. The molecule has 7 amide bonds. The molecule has 9 rings (SSSR count). The van der Waals surface area contributed by atoms with Gasteiger partial charge in [-0.3, -0.25) is 49.1 Å². The number of rotatable bonds is 17. The van der Waals surface area contributed by atoms with Crippen molar-refractivity contribution in [3.05, 3.63) is 124 Å². The maximum absolute atomic E-state index is 14.8. The maximum Gasteiger partial charge on any atom is 0.264 e. The first-order valence-electron chi connectivity index (χ1n) is 22.3. The first kappa shape index (κ1) is 46.6. The first-order chi connectivity index (χ1) is 33.5. The van der Waals surface area contributed by atoms with Gasteiger partial charge in [0.1, 0.15) is 23.7 Å². The van der Waals surface area contributed by atoms with Gasteiger partial charge in [-0.15, -0.1) is 11.3 Å². The van der Waals surface area contributed by atoms with Crippen LogP contribution in [-0.4, -0.2) is 127 Å². The van der Waals surface area contributed by atoms with Crippen molar-refractivity contribution in [1.82, 2.24) is 25.0 Å². The zero-order chi connectivity index (χ0) is 48.2. The molecular weight excluding hydrogens is 912 g/mol. The van der Waals surface area contributed by atoms with E-state index in [4.69, 9.17) is 14.2 Å². The molecule has 2 fully saturated rings. The van der Waals surface area contributed by atoms with Crippen LogP contribution in [0.3, 0.4) is 0 Å². The van der Waals surface area contributed by atoms with E-state index in [9.17, 15) is 38.0 Å². The Labute approximate surface area is 399 Å². The quantitative estimate of drug-likeness (QED) is 0.0649. The topological polar surface area (TPSA) is 209 Å². The molecule has 4 aliphatic heterocycles. The highest BCUT2D eigenvalue weighted by Crippen LogP contribution is 2.39. The number of ether oxygens (including phenoxy) is 3. The van der Waals surface area contributed by atoms with Crippen LogP contribution >= 0.6 is 11.3 Å². The summed E-state index contributed by atoms with van der Waals surface area (Å²) in [7, 11) is 1.44. The van der Waals surface area contributed by atoms with Gasteiger partial charge in [-0.25, -0.2) is 9.37 Å². The molecule has 0 aliphatic carbocycles. The minimum atomic E-state index is -1.26. The van der Waals surface area contributed by atoms with Crippen LogP contribution < -0.4 is 25.6 Å². The van der Waals surface area contributed by atoms with Crippen LogP contribution in [0.15, 0.2) is 90.4 Å². The Morgan fingerprint density at radius 1 is 0.899 bits per heavy atom. The second kappa shape index (κ2) is 20.4. The molecule has 2 atom stereocenters. The Balaban J connectivity index is 0.754. The van der Waals surface area contributed by atoms with Gasteiger partial charge in [-0.1, -0.05) is 30.3 Å². The van der Waals surface area contributed by atoms with Gasteiger partial charge in [0.2, 0.25) is 17.7 Å². The number of anilines is 3. The molecular formula is C49H47FN8O10S. The largest absolute Gasteiger partial charge is 0.467 e. The lowest BCUT2D eigenvalue weighted by Gasteiger charge is -2.36. The summed E-state index contributed by atoms with van der Waals surface area (Å²) < 4.78 is 31.3. The molecule has 0 bridgehead atoms. The van der Waals surface area contributed by atoms with E-state index in [1.165, 1.54) is 47.6 Å². The smallest absolute Gasteiger partial charge is 0.264 e. The molecule has 1 aromatic heterocycles. The SMILES string of the molecule is COCOc1ccc(F)cc1C(C(=O)Nc1nccs1)N1Cc2ccc(-c3ccc(N4CCN(C(=O)CCOCCNc5cccc6c5C(=O)N(C5CCC(=O)NC5=O)C6=O)CC4)cc3)cc2C1=O. The van der Waals surface area contributed by atoms with Crippen molar-refractivity contribution in [3.8, 4) is 16.9 Å². The van der Waals surface area contributed by atoms with E-state index in [-0.39, 0.29) is 74.2 Å². The van der Waals surface area contributed by atoms with E-state index >= 15 is 0 Å². The lowest BCUT2D eigenvalue weighted by atomic mass is 10.00. The van der Waals surface area contributed by atoms with Crippen LogP contribution in [-0.2, 0) is 35.2 Å². The lowest BCUT2D eigenvalue weighted by Crippen LogP contribution is -2.54. The molecule has 18 nitrogen and oxygen atoms in total. The number of piperidine rings is 1. The fraction of sp³-hybridized carbons (Fsp3) is 0.306. The van der Waals surface area contributed by atoms with Gasteiger partial charge in [-0.05, 0) is 71.6 Å². The third-order valence-electron chi connectivity index (χ3n) is 12.5. The molecule has 69 heavy (non-hydrogen) atoms. The molecule has 20 heteroatoms. The number of nitrogens with one attached hydrogen (secondary N) is 3. The minimum Gasteiger partial charge on any atom is -0.467 e. The second-order valence-electron chi connectivity index (χ2n) is 16.6. The van der Waals surface area contributed by atoms with Crippen LogP contribution in [0.5, 0.6) is 5.75 Å². The highest BCUT2D eigenvalue weighted by molar-refractivity contribution is 7.13. The number of halogens is 1. The van der Waals surface area contributed by atoms with E-state index in [2.05, 4.69) is 25.8 Å². The number of carbonyl (C=O) groups is 7. The van der Waals surface area contributed by atoms with Crippen molar-refractivity contribution in [1.29, 1.82) is 0 Å². The molecule has 0 saturated carbocycles. The van der Waals surface area contributed by atoms with Gasteiger partial charge in [0.05, 0.1) is 30.8 Å². The highest BCUT2D eigenvalue weighted by atomic mass is 32.1. The number of aromatic nitrogens is 1. The van der Waals surface area contributed by atoms with Crippen LogP contribution in [0.2, 0.25) is 0 Å². The fourth-order valence-corrected chi connectivity index (χ4v) is 9.56. The predicted molar refractivity (Wildman–Crippen MR) is 250 cm³/mol. The van der Waals surface area contributed by atoms with Gasteiger partial charge in [0, 0.05) is 86.9 Å². The number of imide groups is 2. The van der Waals surface area contributed by atoms with Crippen molar-refractivity contribution < 1.29 is 52.2 Å². The normalized spacial score (nSPS) is 17.2. The van der Waals surface area contributed by atoms with Crippen LogP contribution in [0.1, 0.15) is 67.5 Å². The highest BCUT2D eigenvalue weighted by Gasteiger charge is 2.46. The summed E-state index contributed by atoms with van der Waals surface area (Å²) in [5.41, 5.74) is 4.74. The van der Waals surface area contributed by atoms with Crippen molar-refractivity contribution in [3.63, 3.8) is 0 Å². The lowest BCUT2D eigenvalue weighted by molar-refractivity contribution is -0.136. The molecule has 4 aliphatic rings. The Kier molecular flexibility index (Phi) is 13.7. The number of carbonyl (C=O) groups excluding carboxylic acids is 7. The number of hydrogen-bond acceptors (Lipinski definition) is 14. The Morgan fingerprint density at radius 3 is 2.45 bits per heavy atom. The van der Waals surface area contributed by atoms with Gasteiger partial charge in [-0.2, -0.15) is 0 Å². The summed E-state index contributed by atoms with van der Waals surface area (Å²) in [5, 5.41) is 10.1. The average molecular weight is 959 g/mol. The van der Waals surface area contributed by atoms with Crippen molar-refractivity contribution in [2.24, 2.45) is 0 Å². The number of thiazole rings is 1. The maximum atomic E-state index is 14.8. The Bertz CT molecular complexity index is 2820. The first-order valence-corrected chi connectivity index (χ1v) is 23.2. The molecule has 4 aromatic carbocycles. The van der Waals surface area contributed by atoms with E-state index in [1.54, 1.807) is 29.8 Å². The molecule has 2 saturated heterocycles. The molecule has 356 valence electrons. The molecule has 2 unspecified atom stereocenters.